The lowest BCUT2D eigenvalue weighted by atomic mass is 9.99. The summed E-state index contributed by atoms with van der Waals surface area (Å²) < 4.78 is 124. The average molecular weight is 622 g/mol. The van der Waals surface area contributed by atoms with Crippen LogP contribution in [0.3, 0.4) is 0 Å². The Balaban J connectivity index is 0.000000402. The van der Waals surface area contributed by atoms with E-state index in [1.807, 2.05) is 26.0 Å². The van der Waals surface area contributed by atoms with E-state index in [1.165, 1.54) is 12.1 Å². The third-order valence-corrected chi connectivity index (χ3v) is 9.35. The number of nitrogens with one attached hydrogen (secondary N) is 1. The van der Waals surface area contributed by atoms with E-state index in [0.717, 1.165) is 36.1 Å². The molecule has 228 valence electrons. The van der Waals surface area contributed by atoms with Gasteiger partial charge in [0.2, 0.25) is 0 Å². The molecule has 3 atom stereocenters. The van der Waals surface area contributed by atoms with Gasteiger partial charge in [-0.3, -0.25) is 0 Å². The van der Waals surface area contributed by atoms with Crippen LogP contribution in [0.5, 0.6) is 5.75 Å². The predicted molar refractivity (Wildman–Crippen MR) is 138 cm³/mol. The van der Waals surface area contributed by atoms with Gasteiger partial charge in [0.25, 0.3) is 10.0 Å². The highest BCUT2D eigenvalue weighted by Crippen LogP contribution is 2.31. The lowest BCUT2D eigenvalue weighted by Gasteiger charge is -2.26. The molecule has 7 nitrogen and oxygen atoms in total. The number of rotatable bonds is 10. The largest absolute Gasteiger partial charge is 0.512 e. The Morgan fingerprint density at radius 2 is 1.20 bits per heavy atom. The van der Waals surface area contributed by atoms with Gasteiger partial charge in [-0.15, -0.1) is 0 Å². The van der Waals surface area contributed by atoms with Crippen molar-refractivity contribution in [3.05, 3.63) is 59.7 Å². The van der Waals surface area contributed by atoms with Crippen LogP contribution in [-0.4, -0.2) is 45.8 Å². The summed E-state index contributed by atoms with van der Waals surface area (Å²) in [5.74, 6) is 0.859. The zero-order valence-electron chi connectivity index (χ0n) is 22.5. The fourth-order valence-corrected chi connectivity index (χ4v) is 5.30. The first-order valence-corrected chi connectivity index (χ1v) is 15.0. The van der Waals surface area contributed by atoms with Gasteiger partial charge in [-0.2, -0.15) is 26.3 Å². The van der Waals surface area contributed by atoms with Crippen molar-refractivity contribution >= 4 is 20.0 Å². The Kier molecular flexibility index (Phi) is 12.1. The molecule has 0 saturated carbocycles. The molecule has 40 heavy (non-hydrogen) atoms. The minimum atomic E-state index is -5.97. The van der Waals surface area contributed by atoms with Crippen molar-refractivity contribution in [2.75, 3.05) is 6.61 Å². The molecular formula is C25H33F6NO6S2. The van der Waals surface area contributed by atoms with Gasteiger partial charge >= 0.3 is 21.7 Å². The Morgan fingerprint density at radius 3 is 1.55 bits per heavy atom. The summed E-state index contributed by atoms with van der Waals surface area (Å²) in [5.41, 5.74) is -6.63. The van der Waals surface area contributed by atoms with Crippen molar-refractivity contribution < 1.29 is 53.0 Å². The molecule has 0 fully saturated rings. The molecule has 3 unspecified atom stereocenters. The maximum Gasteiger partial charge on any atom is 0.512 e. The molecule has 0 aliphatic rings. The Bertz CT molecular complexity index is 1290. The lowest BCUT2D eigenvalue weighted by Crippen LogP contribution is -2.47. The second-order valence-corrected chi connectivity index (χ2v) is 13.0. The highest BCUT2D eigenvalue weighted by molar-refractivity contribution is 8.05. The Morgan fingerprint density at radius 1 is 0.800 bits per heavy atom. The minimum Gasteiger partial charge on any atom is -0.490 e. The lowest BCUT2D eigenvalue weighted by molar-refractivity contribution is -0.260. The van der Waals surface area contributed by atoms with Crippen LogP contribution >= 0.6 is 0 Å². The molecular weight excluding hydrogens is 588 g/mol. The van der Waals surface area contributed by atoms with Gasteiger partial charge in [0.1, 0.15) is 12.4 Å². The fraction of sp³-hybridized carbons (Fsp3) is 0.520. The summed E-state index contributed by atoms with van der Waals surface area (Å²) in [5, 5.41) is 9.24. The van der Waals surface area contributed by atoms with Gasteiger partial charge in [-0.25, -0.2) is 16.8 Å². The maximum absolute atomic E-state index is 12.4. The van der Waals surface area contributed by atoms with Crippen molar-refractivity contribution in [3.8, 4) is 5.75 Å². The van der Waals surface area contributed by atoms with E-state index in [1.54, 1.807) is 12.1 Å². The van der Waals surface area contributed by atoms with E-state index >= 15 is 0 Å². The smallest absolute Gasteiger partial charge is 0.490 e. The van der Waals surface area contributed by atoms with Gasteiger partial charge in [-0.1, -0.05) is 56.1 Å². The van der Waals surface area contributed by atoms with Gasteiger partial charge in [0.15, 0.2) is 5.60 Å². The van der Waals surface area contributed by atoms with E-state index in [4.69, 9.17) is 4.74 Å². The van der Waals surface area contributed by atoms with Crippen LogP contribution in [-0.2, 0) is 20.0 Å². The van der Waals surface area contributed by atoms with Gasteiger partial charge in [0, 0.05) is 0 Å². The van der Waals surface area contributed by atoms with E-state index in [-0.39, 0.29) is 5.92 Å². The quantitative estimate of drug-likeness (QED) is 0.305. The topological polar surface area (TPSA) is 110 Å². The molecule has 2 aromatic rings. The van der Waals surface area contributed by atoms with Crippen LogP contribution in [0.2, 0.25) is 0 Å². The van der Waals surface area contributed by atoms with Crippen LogP contribution in [0, 0.1) is 0 Å². The number of alkyl halides is 6. The molecule has 0 aliphatic heterocycles. The monoisotopic (exact) mass is 621 g/mol. The first kappa shape index (κ1) is 35.7. The molecule has 0 saturated heterocycles. The van der Waals surface area contributed by atoms with E-state index in [2.05, 4.69) is 13.8 Å². The number of hydrogen-bond donors (Lipinski definition) is 2. The standard InChI is InChI=1S/C14H19F3O2.C11H14F3NO4S2/c1-4-10(2)11-5-7-12(8-6-11)19-9-13(3,18)14(15,16)17;1-3-8(2)9-4-6-10(7-5-9)20(16,17)15-21(18,19)11(12,13)14/h5-8,10,18H,4,9H2,1-3H3;4-8,15H,3H2,1-2H3. The number of hydrogen-bond acceptors (Lipinski definition) is 6. The predicted octanol–water partition coefficient (Wildman–Crippen LogP) is 6.22. The first-order chi connectivity index (χ1) is 18.1. The molecule has 2 N–H and O–H groups in total. The molecule has 0 aliphatic carbocycles. The van der Waals surface area contributed by atoms with Crippen molar-refractivity contribution in [1.82, 2.24) is 4.13 Å². The van der Waals surface area contributed by atoms with E-state index in [0.29, 0.717) is 22.7 Å². The van der Waals surface area contributed by atoms with Crippen LogP contribution in [0.15, 0.2) is 53.4 Å². The van der Waals surface area contributed by atoms with E-state index in [9.17, 15) is 48.3 Å². The van der Waals surface area contributed by atoms with Crippen LogP contribution < -0.4 is 8.86 Å². The molecule has 2 rings (SSSR count). The summed E-state index contributed by atoms with van der Waals surface area (Å²) in [6, 6.07) is 11.9. The summed E-state index contributed by atoms with van der Waals surface area (Å²) in [4.78, 5) is -0.553. The zero-order chi connectivity index (χ0) is 31.2. The SMILES string of the molecule is CCC(C)c1ccc(OCC(C)(O)C(F)(F)F)cc1.CCC(C)c1ccc(S(=O)(=O)NS(=O)(=O)C(F)(F)F)cc1. The molecule has 0 radical (unpaired) electrons. The van der Waals surface area contributed by atoms with Gasteiger partial charge in [-0.05, 0) is 67.0 Å². The zero-order valence-corrected chi connectivity index (χ0v) is 24.1. The van der Waals surface area contributed by atoms with E-state index < -0.39 is 48.8 Å². The number of ether oxygens (including phenoxy) is 1. The van der Waals surface area contributed by atoms with Crippen LogP contribution in [0.25, 0.3) is 0 Å². The first-order valence-electron chi connectivity index (χ1n) is 12.0. The third kappa shape index (κ3) is 9.93. The molecule has 0 amide bonds. The number of sulfonamides is 2. The summed E-state index contributed by atoms with van der Waals surface area (Å²) >= 11 is 0. The molecule has 15 heteroatoms. The highest BCUT2D eigenvalue weighted by Gasteiger charge is 2.51. The highest BCUT2D eigenvalue weighted by atomic mass is 32.3. The molecule has 0 bridgehead atoms. The third-order valence-electron chi connectivity index (χ3n) is 6.09. The number of benzene rings is 2. The Hall–Kier alpha value is -2.36. The second-order valence-electron chi connectivity index (χ2n) is 9.35. The van der Waals surface area contributed by atoms with Crippen LogP contribution in [0.4, 0.5) is 26.3 Å². The number of halogens is 6. The summed E-state index contributed by atoms with van der Waals surface area (Å²) in [6.45, 7) is 7.84. The van der Waals surface area contributed by atoms with Crippen molar-refractivity contribution in [2.24, 2.45) is 0 Å². The molecule has 0 heterocycles. The van der Waals surface area contributed by atoms with Gasteiger partial charge in [0.05, 0.1) is 4.90 Å². The second kappa shape index (κ2) is 13.5. The molecule has 0 aromatic heterocycles. The van der Waals surface area contributed by atoms with Crippen molar-refractivity contribution in [3.63, 3.8) is 0 Å². The fourth-order valence-electron chi connectivity index (χ4n) is 2.88. The van der Waals surface area contributed by atoms with Crippen LogP contribution in [0.1, 0.15) is 70.4 Å². The molecule has 0 spiro atoms. The summed E-state index contributed by atoms with van der Waals surface area (Å²) in [6.07, 6.45) is -2.92. The number of aliphatic hydroxyl groups is 1. The average Bonchev–Trinajstić information content (AvgIpc) is 2.85. The van der Waals surface area contributed by atoms with Crippen molar-refractivity contribution in [2.45, 2.75) is 81.5 Å². The Labute approximate surface area is 230 Å². The van der Waals surface area contributed by atoms with Gasteiger partial charge < -0.3 is 9.84 Å². The minimum absolute atomic E-state index is 0.147. The molecule has 2 aromatic carbocycles. The summed E-state index contributed by atoms with van der Waals surface area (Å²) in [7, 11) is -10.8. The van der Waals surface area contributed by atoms with Crippen molar-refractivity contribution in [1.29, 1.82) is 0 Å². The maximum atomic E-state index is 12.4. The normalized spacial score (nSPS) is 15.8.